The number of β-amino-alcohol motifs (C(OH)–C–C–N with tert-alkyl or cyclic N) is 1. The predicted octanol–water partition coefficient (Wildman–Crippen LogP) is 1.57. The number of aliphatic carboxylic acids is 1. The molecule has 6 nitrogen and oxygen atoms in total. The number of likely N-dealkylation sites (tertiary alicyclic amines) is 1. The van der Waals surface area contributed by atoms with Crippen LogP contribution in [-0.4, -0.2) is 51.8 Å². The van der Waals surface area contributed by atoms with Gasteiger partial charge in [-0.3, -0.25) is 0 Å². The van der Waals surface area contributed by atoms with Crippen LogP contribution in [-0.2, 0) is 4.79 Å². The normalized spacial score (nSPS) is 28.4. The maximum Gasteiger partial charge on any atom is 0.326 e. The number of aliphatic hydroxyl groups excluding tert-OH is 1. The summed E-state index contributed by atoms with van der Waals surface area (Å²) >= 11 is 0. The molecule has 1 heterocycles. The maximum atomic E-state index is 12.4. The predicted molar refractivity (Wildman–Crippen MR) is 77.9 cm³/mol. The third kappa shape index (κ3) is 3.87. The second-order valence-electron chi connectivity index (χ2n) is 6.26. The van der Waals surface area contributed by atoms with Crippen LogP contribution in [0.5, 0.6) is 0 Å². The molecule has 1 aliphatic carbocycles. The lowest BCUT2D eigenvalue weighted by atomic mass is 9.83. The highest BCUT2D eigenvalue weighted by Crippen LogP contribution is 2.28. The number of carbonyl (C=O) groups is 2. The van der Waals surface area contributed by atoms with E-state index in [1.165, 1.54) is 24.2 Å². The summed E-state index contributed by atoms with van der Waals surface area (Å²) < 4.78 is 0. The van der Waals surface area contributed by atoms with Crippen molar-refractivity contribution in [1.82, 2.24) is 10.2 Å². The summed E-state index contributed by atoms with van der Waals surface area (Å²) in [7, 11) is 0. The zero-order valence-corrected chi connectivity index (χ0v) is 12.6. The molecule has 1 saturated carbocycles. The van der Waals surface area contributed by atoms with E-state index >= 15 is 0 Å². The number of carbonyl (C=O) groups excluding carboxylic acids is 1. The summed E-state index contributed by atoms with van der Waals surface area (Å²) in [5.41, 5.74) is 0. The Morgan fingerprint density at radius 1 is 1.29 bits per heavy atom. The second-order valence-corrected chi connectivity index (χ2v) is 6.26. The van der Waals surface area contributed by atoms with Crippen LogP contribution in [0.3, 0.4) is 0 Å². The first-order chi connectivity index (χ1) is 10.0. The number of carboxylic acid groups (broad SMARTS) is 1. The Labute approximate surface area is 125 Å². The van der Waals surface area contributed by atoms with Gasteiger partial charge in [0.2, 0.25) is 0 Å². The second kappa shape index (κ2) is 7.11. The number of nitrogens with zero attached hydrogens (tertiary/aromatic N) is 1. The fourth-order valence-corrected chi connectivity index (χ4v) is 3.60. The lowest BCUT2D eigenvalue weighted by Crippen LogP contribution is -2.51. The molecule has 0 aromatic heterocycles. The van der Waals surface area contributed by atoms with Gasteiger partial charge in [-0.1, -0.05) is 26.2 Å². The topological polar surface area (TPSA) is 89.9 Å². The molecule has 21 heavy (non-hydrogen) atoms. The van der Waals surface area contributed by atoms with E-state index in [0.717, 1.165) is 19.3 Å². The van der Waals surface area contributed by atoms with Gasteiger partial charge in [-0.05, 0) is 25.2 Å². The van der Waals surface area contributed by atoms with Crippen molar-refractivity contribution in [3.8, 4) is 0 Å². The average molecular weight is 298 g/mol. The Kier molecular flexibility index (Phi) is 5.45. The molecule has 1 aliphatic heterocycles. The molecule has 1 saturated heterocycles. The van der Waals surface area contributed by atoms with Gasteiger partial charge < -0.3 is 20.4 Å². The first kappa shape index (κ1) is 16.1. The molecule has 120 valence electrons. The molecule has 0 radical (unpaired) electrons. The first-order valence-electron chi connectivity index (χ1n) is 8.01. The first-order valence-corrected chi connectivity index (χ1v) is 8.01. The molecule has 2 amide bonds. The van der Waals surface area contributed by atoms with Crippen LogP contribution >= 0.6 is 0 Å². The van der Waals surface area contributed by atoms with Gasteiger partial charge in [0.05, 0.1) is 6.10 Å². The summed E-state index contributed by atoms with van der Waals surface area (Å²) in [6, 6.07) is -1.16. The standard InChI is InChI=1S/C15H26N2O4/c1-2-12(10-6-4-3-5-7-10)16-15(21)17-9-11(18)8-13(17)14(19)20/h10-13,18H,2-9H2,1H3,(H,16,21)(H,19,20)/t11-,12?,13+/m1/s1. The minimum Gasteiger partial charge on any atom is -0.480 e. The lowest BCUT2D eigenvalue weighted by Gasteiger charge is -2.32. The van der Waals surface area contributed by atoms with Crippen LogP contribution in [0.4, 0.5) is 4.79 Å². The number of urea groups is 1. The number of aliphatic hydroxyl groups is 1. The maximum absolute atomic E-state index is 12.4. The Bertz CT molecular complexity index is 382. The van der Waals surface area contributed by atoms with Crippen molar-refractivity contribution in [3.05, 3.63) is 0 Å². The van der Waals surface area contributed by atoms with Crippen LogP contribution in [0, 0.1) is 5.92 Å². The van der Waals surface area contributed by atoms with Crippen LogP contribution in [0.15, 0.2) is 0 Å². The molecular weight excluding hydrogens is 272 g/mol. The van der Waals surface area contributed by atoms with Gasteiger partial charge >= 0.3 is 12.0 Å². The summed E-state index contributed by atoms with van der Waals surface area (Å²) in [5.74, 6) is -0.559. The number of amides is 2. The van der Waals surface area contributed by atoms with Crippen molar-refractivity contribution in [2.75, 3.05) is 6.54 Å². The van der Waals surface area contributed by atoms with E-state index in [1.54, 1.807) is 0 Å². The van der Waals surface area contributed by atoms with E-state index < -0.39 is 18.1 Å². The SMILES string of the molecule is CCC(NC(=O)N1C[C@H](O)C[C@H]1C(=O)O)C1CCCCC1. The van der Waals surface area contributed by atoms with Crippen molar-refractivity contribution >= 4 is 12.0 Å². The number of hydrogen-bond acceptors (Lipinski definition) is 3. The number of hydrogen-bond donors (Lipinski definition) is 3. The van der Waals surface area contributed by atoms with Crippen molar-refractivity contribution in [3.63, 3.8) is 0 Å². The van der Waals surface area contributed by atoms with E-state index in [2.05, 4.69) is 5.32 Å². The van der Waals surface area contributed by atoms with E-state index in [-0.39, 0.29) is 25.0 Å². The van der Waals surface area contributed by atoms with Gasteiger partial charge in [-0.15, -0.1) is 0 Å². The molecule has 2 fully saturated rings. The summed E-state index contributed by atoms with van der Waals surface area (Å²) in [6.07, 6.45) is 6.15. The third-order valence-corrected chi connectivity index (χ3v) is 4.79. The Hall–Kier alpha value is -1.30. The number of rotatable bonds is 4. The number of carboxylic acids is 1. The monoisotopic (exact) mass is 298 g/mol. The molecule has 0 spiro atoms. The van der Waals surface area contributed by atoms with Gasteiger partial charge in [-0.2, -0.15) is 0 Å². The van der Waals surface area contributed by atoms with Crippen molar-refractivity contribution in [2.24, 2.45) is 5.92 Å². The summed E-state index contributed by atoms with van der Waals surface area (Å²) in [6.45, 7) is 2.15. The Morgan fingerprint density at radius 3 is 2.52 bits per heavy atom. The van der Waals surface area contributed by atoms with Gasteiger partial charge in [0.25, 0.3) is 0 Å². The molecule has 3 atom stereocenters. The highest BCUT2D eigenvalue weighted by atomic mass is 16.4. The van der Waals surface area contributed by atoms with Gasteiger partial charge in [0, 0.05) is 19.0 Å². The molecular formula is C15H26N2O4. The third-order valence-electron chi connectivity index (χ3n) is 4.79. The minimum atomic E-state index is -1.05. The smallest absolute Gasteiger partial charge is 0.326 e. The van der Waals surface area contributed by atoms with Gasteiger partial charge in [0.15, 0.2) is 0 Å². The van der Waals surface area contributed by atoms with Crippen molar-refractivity contribution < 1.29 is 19.8 Å². The van der Waals surface area contributed by atoms with Gasteiger partial charge in [0.1, 0.15) is 6.04 Å². The van der Waals surface area contributed by atoms with E-state index in [4.69, 9.17) is 5.11 Å². The number of nitrogens with one attached hydrogen (secondary N) is 1. The highest BCUT2D eigenvalue weighted by Gasteiger charge is 2.39. The minimum absolute atomic E-state index is 0.101. The zero-order valence-electron chi connectivity index (χ0n) is 12.6. The summed E-state index contributed by atoms with van der Waals surface area (Å²) in [4.78, 5) is 24.8. The average Bonchev–Trinajstić information content (AvgIpc) is 2.88. The van der Waals surface area contributed by atoms with Crippen molar-refractivity contribution in [1.29, 1.82) is 0 Å². The molecule has 3 N–H and O–H groups in total. The molecule has 6 heteroatoms. The van der Waals surface area contributed by atoms with Crippen LogP contribution in [0.1, 0.15) is 51.9 Å². The zero-order chi connectivity index (χ0) is 15.4. The van der Waals surface area contributed by atoms with Crippen molar-refractivity contribution in [2.45, 2.75) is 70.1 Å². The Morgan fingerprint density at radius 2 is 1.95 bits per heavy atom. The molecule has 1 unspecified atom stereocenters. The van der Waals surface area contributed by atoms with Gasteiger partial charge in [-0.25, -0.2) is 9.59 Å². The quantitative estimate of drug-likeness (QED) is 0.735. The van der Waals surface area contributed by atoms with Crippen LogP contribution in [0.25, 0.3) is 0 Å². The van der Waals surface area contributed by atoms with E-state index in [1.807, 2.05) is 6.92 Å². The van der Waals surface area contributed by atoms with Crippen LogP contribution < -0.4 is 5.32 Å². The van der Waals surface area contributed by atoms with Crippen LogP contribution in [0.2, 0.25) is 0 Å². The van der Waals surface area contributed by atoms with E-state index in [9.17, 15) is 14.7 Å². The highest BCUT2D eigenvalue weighted by molar-refractivity contribution is 5.83. The largest absolute Gasteiger partial charge is 0.480 e. The van der Waals surface area contributed by atoms with E-state index in [0.29, 0.717) is 5.92 Å². The Balaban J connectivity index is 1.96. The lowest BCUT2D eigenvalue weighted by molar-refractivity contribution is -0.141. The fourth-order valence-electron chi connectivity index (χ4n) is 3.60. The molecule has 0 aromatic carbocycles. The molecule has 0 bridgehead atoms. The molecule has 0 aromatic rings. The fraction of sp³-hybridized carbons (Fsp3) is 0.867. The molecule has 2 rings (SSSR count). The molecule has 2 aliphatic rings. The summed E-state index contributed by atoms with van der Waals surface area (Å²) in [5, 5.41) is 21.8.